The third-order valence-electron chi connectivity index (χ3n) is 2.15. The zero-order chi connectivity index (χ0) is 9.59. The summed E-state index contributed by atoms with van der Waals surface area (Å²) in [5, 5.41) is 8.93. The molecule has 0 aliphatic carbocycles. The molecule has 2 nitrogen and oxygen atoms in total. The minimum Gasteiger partial charge on any atom is -0.282 e. The molecule has 0 atom stereocenters. The van der Waals surface area contributed by atoms with Crippen LogP contribution >= 0.6 is 27.5 Å². The van der Waals surface area contributed by atoms with E-state index in [1.165, 1.54) is 0 Å². The maximum Gasteiger partial charge on any atom is 0.0950 e. The summed E-state index contributed by atoms with van der Waals surface area (Å²) >= 11 is 9.54. The zero-order valence-electron chi connectivity index (χ0n) is 7.28. The number of benzene rings is 1. The Morgan fingerprint density at radius 3 is 2.85 bits per heavy atom. The lowest BCUT2D eigenvalue weighted by atomic mass is 10.1. The molecule has 0 aliphatic heterocycles. The van der Waals surface area contributed by atoms with Gasteiger partial charge in [0.25, 0.3) is 0 Å². The normalized spacial score (nSPS) is 11.1. The van der Waals surface area contributed by atoms with Gasteiger partial charge in [0, 0.05) is 20.6 Å². The van der Waals surface area contributed by atoms with Crippen molar-refractivity contribution in [2.45, 2.75) is 13.8 Å². The molecule has 0 amide bonds. The number of hydrogen-bond acceptors (Lipinski definition) is 1. The number of aryl methyl sites for hydroxylation is 1. The number of H-pyrrole nitrogens is 1. The van der Waals surface area contributed by atoms with Crippen molar-refractivity contribution in [1.29, 1.82) is 0 Å². The first-order valence-electron chi connectivity index (χ1n) is 3.90. The molecule has 0 bridgehead atoms. The molecule has 0 unspecified atom stereocenters. The molecule has 0 aliphatic rings. The summed E-state index contributed by atoms with van der Waals surface area (Å²) in [4.78, 5) is 0. The van der Waals surface area contributed by atoms with Crippen LogP contribution in [0, 0.1) is 13.8 Å². The van der Waals surface area contributed by atoms with E-state index in [0.717, 1.165) is 31.7 Å². The first kappa shape index (κ1) is 9.03. The van der Waals surface area contributed by atoms with Crippen LogP contribution in [0.25, 0.3) is 10.9 Å². The summed E-state index contributed by atoms with van der Waals surface area (Å²) in [6, 6.07) is 1.88. The Kier molecular flexibility index (Phi) is 2.08. The van der Waals surface area contributed by atoms with Crippen molar-refractivity contribution in [2.24, 2.45) is 0 Å². The predicted octanol–water partition coefficient (Wildman–Crippen LogP) is 3.60. The molecule has 13 heavy (non-hydrogen) atoms. The van der Waals surface area contributed by atoms with Gasteiger partial charge in [-0.05, 0) is 41.4 Å². The van der Waals surface area contributed by atoms with E-state index < -0.39 is 0 Å². The molecule has 0 fully saturated rings. The summed E-state index contributed by atoms with van der Waals surface area (Å²) in [5.74, 6) is 0. The summed E-state index contributed by atoms with van der Waals surface area (Å²) in [7, 11) is 0. The number of rotatable bonds is 0. The molecule has 1 aromatic heterocycles. The lowest BCUT2D eigenvalue weighted by molar-refractivity contribution is 1.07. The second kappa shape index (κ2) is 3.00. The third kappa shape index (κ3) is 1.27. The molecule has 4 heteroatoms. The van der Waals surface area contributed by atoms with Crippen molar-refractivity contribution in [3.05, 3.63) is 26.8 Å². The van der Waals surface area contributed by atoms with Crippen molar-refractivity contribution in [3.63, 3.8) is 0 Å². The van der Waals surface area contributed by atoms with E-state index in [9.17, 15) is 0 Å². The van der Waals surface area contributed by atoms with Gasteiger partial charge in [0.1, 0.15) is 0 Å². The van der Waals surface area contributed by atoms with Crippen LogP contribution in [0.15, 0.2) is 10.5 Å². The largest absolute Gasteiger partial charge is 0.282 e. The smallest absolute Gasteiger partial charge is 0.0950 e. The maximum absolute atomic E-state index is 6.02. The molecular weight excluding hydrogens is 251 g/mol. The Morgan fingerprint density at radius 2 is 2.15 bits per heavy atom. The fourth-order valence-electron chi connectivity index (χ4n) is 1.35. The Labute approximate surface area is 89.4 Å². The maximum atomic E-state index is 6.02. The van der Waals surface area contributed by atoms with Gasteiger partial charge in [0.2, 0.25) is 0 Å². The van der Waals surface area contributed by atoms with E-state index in [0.29, 0.717) is 0 Å². The van der Waals surface area contributed by atoms with Gasteiger partial charge in [-0.25, -0.2) is 0 Å². The van der Waals surface area contributed by atoms with Crippen molar-refractivity contribution < 1.29 is 0 Å². The van der Waals surface area contributed by atoms with Crippen molar-refractivity contribution in [1.82, 2.24) is 10.2 Å². The second-order valence-electron chi connectivity index (χ2n) is 3.04. The van der Waals surface area contributed by atoms with Crippen LogP contribution in [0.5, 0.6) is 0 Å². The predicted molar refractivity (Wildman–Crippen MR) is 58.3 cm³/mol. The third-order valence-corrected chi connectivity index (χ3v) is 3.53. The first-order valence-corrected chi connectivity index (χ1v) is 5.07. The number of halogens is 2. The van der Waals surface area contributed by atoms with E-state index in [-0.39, 0.29) is 0 Å². The van der Waals surface area contributed by atoms with Gasteiger partial charge in [0.05, 0.1) is 5.52 Å². The van der Waals surface area contributed by atoms with Crippen LogP contribution in [-0.2, 0) is 0 Å². The number of nitrogens with zero attached hydrogens (tertiary/aromatic N) is 1. The highest BCUT2D eigenvalue weighted by Crippen LogP contribution is 2.33. The lowest BCUT2D eigenvalue weighted by Gasteiger charge is -2.02. The number of fused-ring (bicyclic) bond motifs is 1. The quantitative estimate of drug-likeness (QED) is 0.769. The van der Waals surface area contributed by atoms with Crippen LogP contribution in [0.4, 0.5) is 0 Å². The van der Waals surface area contributed by atoms with Gasteiger partial charge < -0.3 is 0 Å². The Morgan fingerprint density at radius 1 is 1.46 bits per heavy atom. The van der Waals surface area contributed by atoms with Crippen molar-refractivity contribution in [3.8, 4) is 0 Å². The highest BCUT2D eigenvalue weighted by Gasteiger charge is 2.10. The van der Waals surface area contributed by atoms with Gasteiger partial charge in [-0.15, -0.1) is 0 Å². The molecule has 1 aromatic carbocycles. The summed E-state index contributed by atoms with van der Waals surface area (Å²) in [5.41, 5.74) is 3.01. The molecule has 2 aromatic rings. The van der Waals surface area contributed by atoms with Crippen LogP contribution in [-0.4, -0.2) is 10.2 Å². The van der Waals surface area contributed by atoms with Gasteiger partial charge >= 0.3 is 0 Å². The Hall–Kier alpha value is -0.540. The van der Waals surface area contributed by atoms with Gasteiger partial charge in [0.15, 0.2) is 0 Å². The number of aromatic nitrogens is 2. The van der Waals surface area contributed by atoms with Gasteiger partial charge in [-0.1, -0.05) is 11.6 Å². The van der Waals surface area contributed by atoms with Gasteiger partial charge in [-0.3, -0.25) is 5.10 Å². The van der Waals surface area contributed by atoms with Gasteiger partial charge in [-0.2, -0.15) is 5.10 Å². The topological polar surface area (TPSA) is 28.7 Å². The van der Waals surface area contributed by atoms with E-state index in [1.54, 1.807) is 0 Å². The molecule has 2 rings (SSSR count). The average molecular weight is 260 g/mol. The van der Waals surface area contributed by atoms with Crippen LogP contribution in [0.3, 0.4) is 0 Å². The number of nitrogens with one attached hydrogen (secondary N) is 1. The minimum atomic E-state index is 0.742. The molecule has 0 saturated carbocycles. The minimum absolute atomic E-state index is 0.742. The molecular formula is C9H8BrClN2. The monoisotopic (exact) mass is 258 g/mol. The van der Waals surface area contributed by atoms with E-state index in [4.69, 9.17) is 11.6 Å². The average Bonchev–Trinajstić information content (AvgIpc) is 2.43. The SMILES string of the molecule is Cc1c(Cl)cc2n[nH]c(C)c2c1Br. The zero-order valence-corrected chi connectivity index (χ0v) is 9.62. The lowest BCUT2D eigenvalue weighted by Crippen LogP contribution is -1.81. The summed E-state index contributed by atoms with van der Waals surface area (Å²) in [6.45, 7) is 3.98. The van der Waals surface area contributed by atoms with Crippen LogP contribution in [0.1, 0.15) is 11.3 Å². The Bertz CT molecular complexity index is 476. The molecule has 1 N–H and O–H groups in total. The van der Waals surface area contributed by atoms with Crippen molar-refractivity contribution in [2.75, 3.05) is 0 Å². The van der Waals surface area contributed by atoms with Crippen LogP contribution < -0.4 is 0 Å². The molecule has 68 valence electrons. The fraction of sp³-hybridized carbons (Fsp3) is 0.222. The molecule has 0 radical (unpaired) electrons. The Balaban J connectivity index is 2.97. The summed E-state index contributed by atoms with van der Waals surface area (Å²) in [6.07, 6.45) is 0. The van der Waals surface area contributed by atoms with Crippen molar-refractivity contribution >= 4 is 38.4 Å². The molecule has 0 saturated heterocycles. The number of hydrogen-bond donors (Lipinski definition) is 1. The van der Waals surface area contributed by atoms with E-state index in [1.807, 2.05) is 19.9 Å². The molecule has 1 heterocycles. The molecule has 0 spiro atoms. The highest BCUT2D eigenvalue weighted by molar-refractivity contribution is 9.10. The fourth-order valence-corrected chi connectivity index (χ4v) is 2.38. The summed E-state index contributed by atoms with van der Waals surface area (Å²) < 4.78 is 1.03. The number of aromatic amines is 1. The van der Waals surface area contributed by atoms with E-state index in [2.05, 4.69) is 26.1 Å². The first-order chi connectivity index (χ1) is 6.11. The highest BCUT2D eigenvalue weighted by atomic mass is 79.9. The standard InChI is InChI=1S/C9H8BrClN2/c1-4-6(11)3-7-8(9(4)10)5(2)12-13-7/h3H,1-2H3,(H,12,13). The second-order valence-corrected chi connectivity index (χ2v) is 4.24. The van der Waals surface area contributed by atoms with E-state index >= 15 is 0 Å². The van der Waals surface area contributed by atoms with Crippen LogP contribution in [0.2, 0.25) is 5.02 Å².